The van der Waals surface area contributed by atoms with Crippen LogP contribution in [-0.4, -0.2) is 37.5 Å². The van der Waals surface area contributed by atoms with E-state index in [0.717, 1.165) is 30.8 Å². The van der Waals surface area contributed by atoms with Crippen LogP contribution in [0.1, 0.15) is 47.2 Å². The highest BCUT2D eigenvalue weighted by molar-refractivity contribution is 5.97. The molecule has 0 radical (unpaired) electrons. The van der Waals surface area contributed by atoms with Crippen molar-refractivity contribution in [3.63, 3.8) is 0 Å². The molecule has 0 saturated carbocycles. The van der Waals surface area contributed by atoms with Gasteiger partial charge in [0.05, 0.1) is 0 Å². The minimum absolute atomic E-state index is 0.0777. The molecule has 3 nitrogen and oxygen atoms in total. The lowest BCUT2D eigenvalue weighted by molar-refractivity contribution is 0.0951. The van der Waals surface area contributed by atoms with Crippen molar-refractivity contribution in [2.45, 2.75) is 25.7 Å². The third kappa shape index (κ3) is 2.98. The van der Waals surface area contributed by atoms with Gasteiger partial charge < -0.3 is 10.2 Å². The summed E-state index contributed by atoms with van der Waals surface area (Å²) in [6.45, 7) is 7.29. The number of hydrogen-bond acceptors (Lipinski definition) is 2. The van der Waals surface area contributed by atoms with Gasteiger partial charge in [0.2, 0.25) is 0 Å². The Labute approximate surface area is 150 Å². The summed E-state index contributed by atoms with van der Waals surface area (Å²) in [7, 11) is 2.17. The summed E-state index contributed by atoms with van der Waals surface area (Å²) < 4.78 is 0. The van der Waals surface area contributed by atoms with Crippen LogP contribution >= 0.6 is 0 Å². The summed E-state index contributed by atoms with van der Waals surface area (Å²) in [6, 6.07) is 15.1. The van der Waals surface area contributed by atoms with Gasteiger partial charge in [-0.1, -0.05) is 50.2 Å². The molecule has 2 unspecified atom stereocenters. The fraction of sp³-hybridized carbons (Fsp3) is 0.409. The molecule has 2 aliphatic rings. The Morgan fingerprint density at radius 2 is 1.88 bits per heavy atom. The third-order valence-corrected chi connectivity index (χ3v) is 5.73. The number of likely N-dealkylation sites (tertiary alicyclic amines) is 1. The summed E-state index contributed by atoms with van der Waals surface area (Å²) in [5.74, 6) is 1.55. The summed E-state index contributed by atoms with van der Waals surface area (Å²) in [6.07, 6.45) is 0. The van der Waals surface area contributed by atoms with Crippen molar-refractivity contribution >= 4 is 5.91 Å². The first-order valence-electron chi connectivity index (χ1n) is 9.24. The fourth-order valence-electron chi connectivity index (χ4n) is 4.30. The van der Waals surface area contributed by atoms with Crippen LogP contribution < -0.4 is 5.32 Å². The summed E-state index contributed by atoms with van der Waals surface area (Å²) in [4.78, 5) is 15.0. The van der Waals surface area contributed by atoms with Crippen LogP contribution in [0.2, 0.25) is 0 Å². The highest BCUT2D eigenvalue weighted by atomic mass is 16.1. The van der Waals surface area contributed by atoms with Gasteiger partial charge in [0.25, 0.3) is 5.91 Å². The number of likely N-dealkylation sites (N-methyl/N-ethyl adjacent to an activating group) is 1. The second kappa shape index (κ2) is 6.30. The third-order valence-electron chi connectivity index (χ3n) is 5.73. The number of nitrogens with one attached hydrogen (secondary N) is 1. The van der Waals surface area contributed by atoms with Gasteiger partial charge in [-0.25, -0.2) is 0 Å². The molecule has 2 aromatic rings. The zero-order valence-electron chi connectivity index (χ0n) is 15.3. The molecule has 25 heavy (non-hydrogen) atoms. The summed E-state index contributed by atoms with van der Waals surface area (Å²) in [5.41, 5.74) is 5.71. The Hall–Kier alpha value is -2.13. The van der Waals surface area contributed by atoms with E-state index in [0.29, 0.717) is 17.8 Å². The zero-order valence-corrected chi connectivity index (χ0v) is 15.3. The number of amides is 1. The number of fused-ring (bicyclic) bond motifs is 3. The van der Waals surface area contributed by atoms with Crippen LogP contribution in [0.4, 0.5) is 0 Å². The van der Waals surface area contributed by atoms with Gasteiger partial charge in [0, 0.05) is 31.1 Å². The lowest BCUT2D eigenvalue weighted by Crippen LogP contribution is -2.29. The van der Waals surface area contributed by atoms with Crippen molar-refractivity contribution in [3.8, 4) is 11.1 Å². The largest absolute Gasteiger partial charge is 0.352 e. The minimum Gasteiger partial charge on any atom is -0.352 e. The van der Waals surface area contributed by atoms with Crippen LogP contribution in [-0.2, 0) is 0 Å². The molecule has 3 heteroatoms. The Morgan fingerprint density at radius 1 is 1.08 bits per heavy atom. The second-order valence-electron chi connectivity index (χ2n) is 7.88. The van der Waals surface area contributed by atoms with Crippen molar-refractivity contribution in [1.29, 1.82) is 0 Å². The number of hydrogen-bond donors (Lipinski definition) is 1. The highest BCUT2D eigenvalue weighted by Crippen LogP contribution is 2.37. The van der Waals surface area contributed by atoms with E-state index in [1.807, 2.05) is 0 Å². The van der Waals surface area contributed by atoms with Gasteiger partial charge in [-0.2, -0.15) is 0 Å². The van der Waals surface area contributed by atoms with Gasteiger partial charge in [0.15, 0.2) is 0 Å². The molecule has 130 valence electrons. The SMILES string of the molecule is CC(C)c1cccc(-c2ccc3c(c2)C(=O)NCC2CN(C)CC32)c1. The first-order valence-corrected chi connectivity index (χ1v) is 9.24. The number of benzene rings is 2. The lowest BCUT2D eigenvalue weighted by atomic mass is 9.86. The van der Waals surface area contributed by atoms with Gasteiger partial charge in [-0.15, -0.1) is 0 Å². The molecule has 2 heterocycles. The molecule has 0 bridgehead atoms. The van der Waals surface area contributed by atoms with Gasteiger partial charge in [-0.3, -0.25) is 4.79 Å². The van der Waals surface area contributed by atoms with Crippen molar-refractivity contribution in [3.05, 3.63) is 59.2 Å². The molecule has 0 spiro atoms. The van der Waals surface area contributed by atoms with Crippen LogP contribution in [0.3, 0.4) is 0 Å². The van der Waals surface area contributed by atoms with Crippen LogP contribution in [0, 0.1) is 5.92 Å². The molecular formula is C22H26N2O. The second-order valence-corrected chi connectivity index (χ2v) is 7.88. The average molecular weight is 334 g/mol. The normalized spacial score (nSPS) is 23.1. The van der Waals surface area contributed by atoms with Crippen LogP contribution in [0.25, 0.3) is 11.1 Å². The van der Waals surface area contributed by atoms with E-state index in [1.165, 1.54) is 16.7 Å². The zero-order chi connectivity index (χ0) is 17.6. The maximum atomic E-state index is 12.7. The lowest BCUT2D eigenvalue weighted by Gasteiger charge is -2.17. The van der Waals surface area contributed by atoms with Gasteiger partial charge in [0.1, 0.15) is 0 Å². The Kier molecular flexibility index (Phi) is 4.12. The summed E-state index contributed by atoms with van der Waals surface area (Å²) in [5, 5.41) is 3.14. The van der Waals surface area contributed by atoms with E-state index in [-0.39, 0.29) is 5.91 Å². The number of rotatable bonds is 2. The van der Waals surface area contributed by atoms with E-state index >= 15 is 0 Å². The van der Waals surface area contributed by atoms with Crippen molar-refractivity contribution in [1.82, 2.24) is 10.2 Å². The Balaban J connectivity index is 1.77. The Bertz CT molecular complexity index is 811. The quantitative estimate of drug-likeness (QED) is 0.904. The van der Waals surface area contributed by atoms with E-state index in [4.69, 9.17) is 0 Å². The van der Waals surface area contributed by atoms with Crippen LogP contribution in [0.15, 0.2) is 42.5 Å². The van der Waals surface area contributed by atoms with Gasteiger partial charge in [-0.05, 0) is 47.2 Å². The molecule has 2 aliphatic heterocycles. The fourth-order valence-corrected chi connectivity index (χ4v) is 4.30. The minimum atomic E-state index is 0.0777. The molecule has 1 fully saturated rings. The molecular weight excluding hydrogens is 308 g/mol. The molecule has 1 N–H and O–H groups in total. The van der Waals surface area contributed by atoms with Crippen LogP contribution in [0.5, 0.6) is 0 Å². The average Bonchev–Trinajstić information content (AvgIpc) is 2.94. The van der Waals surface area contributed by atoms with Crippen molar-refractivity contribution in [2.75, 3.05) is 26.7 Å². The predicted octanol–water partition coefficient (Wildman–Crippen LogP) is 3.87. The topological polar surface area (TPSA) is 32.3 Å². The number of carbonyl (C=O) groups excluding carboxylic acids is 1. The number of carbonyl (C=O) groups is 1. The first-order chi connectivity index (χ1) is 12.0. The molecule has 0 aliphatic carbocycles. The number of nitrogens with zero attached hydrogens (tertiary/aromatic N) is 1. The molecule has 2 atom stereocenters. The van der Waals surface area contributed by atoms with Crippen molar-refractivity contribution < 1.29 is 4.79 Å². The maximum absolute atomic E-state index is 12.7. The first kappa shape index (κ1) is 16.3. The van der Waals surface area contributed by atoms with Crippen molar-refractivity contribution in [2.24, 2.45) is 5.92 Å². The maximum Gasteiger partial charge on any atom is 0.251 e. The molecule has 1 amide bonds. The molecule has 4 rings (SSSR count). The standard InChI is InChI=1S/C22H26N2O/c1-14(2)15-5-4-6-16(9-15)17-7-8-19-20(10-17)22(25)23-11-18-12-24(3)13-21(18)19/h4-10,14,18,21H,11-13H2,1-3H3,(H,23,25). The molecule has 0 aromatic heterocycles. The molecule has 2 aromatic carbocycles. The van der Waals surface area contributed by atoms with E-state index in [2.05, 4.69) is 73.6 Å². The smallest absolute Gasteiger partial charge is 0.251 e. The monoisotopic (exact) mass is 334 g/mol. The van der Waals surface area contributed by atoms with E-state index < -0.39 is 0 Å². The Morgan fingerprint density at radius 3 is 2.68 bits per heavy atom. The highest BCUT2D eigenvalue weighted by Gasteiger charge is 2.36. The van der Waals surface area contributed by atoms with E-state index in [9.17, 15) is 4.79 Å². The predicted molar refractivity (Wildman–Crippen MR) is 102 cm³/mol. The summed E-state index contributed by atoms with van der Waals surface area (Å²) >= 11 is 0. The van der Waals surface area contributed by atoms with E-state index in [1.54, 1.807) is 0 Å². The van der Waals surface area contributed by atoms with Gasteiger partial charge >= 0.3 is 0 Å². The molecule has 1 saturated heterocycles.